The molecule has 2 heterocycles. The number of fused-ring (bicyclic) bond motifs is 1. The molecule has 0 aliphatic heterocycles. The van der Waals surface area contributed by atoms with Gasteiger partial charge < -0.3 is 4.52 Å². The number of benzene rings is 1. The zero-order valence-electron chi connectivity index (χ0n) is 12.4. The standard InChI is InChI=1S/C15H18N4O2/c1-10(2)14-7-12(20-16-14)9-19(3)8-11-5-4-6-13-15(11)18-21-17-13/h4-7,10H,8-9H2,1-3H3. The highest BCUT2D eigenvalue weighted by atomic mass is 16.6. The SMILES string of the molecule is CC(C)c1cc(CN(C)Cc2cccc3nonc23)on1. The van der Waals surface area contributed by atoms with Crippen LogP contribution in [0.25, 0.3) is 11.0 Å². The fraction of sp³-hybridized carbons (Fsp3) is 0.400. The lowest BCUT2D eigenvalue weighted by Gasteiger charge is -2.14. The van der Waals surface area contributed by atoms with E-state index in [1.54, 1.807) is 0 Å². The molecule has 0 spiro atoms. The summed E-state index contributed by atoms with van der Waals surface area (Å²) >= 11 is 0. The summed E-state index contributed by atoms with van der Waals surface area (Å²) in [6.07, 6.45) is 0. The third-order valence-electron chi connectivity index (χ3n) is 3.40. The summed E-state index contributed by atoms with van der Waals surface area (Å²) in [5.41, 5.74) is 3.66. The van der Waals surface area contributed by atoms with Crippen molar-refractivity contribution in [3.63, 3.8) is 0 Å². The van der Waals surface area contributed by atoms with Crippen molar-refractivity contribution >= 4 is 11.0 Å². The Hall–Kier alpha value is -2.21. The summed E-state index contributed by atoms with van der Waals surface area (Å²) < 4.78 is 10.2. The molecule has 0 amide bonds. The van der Waals surface area contributed by atoms with Crippen molar-refractivity contribution in [1.29, 1.82) is 0 Å². The zero-order valence-corrected chi connectivity index (χ0v) is 12.4. The normalized spacial score (nSPS) is 11.9. The summed E-state index contributed by atoms with van der Waals surface area (Å²) in [6, 6.07) is 7.89. The van der Waals surface area contributed by atoms with Crippen molar-refractivity contribution in [3.05, 3.63) is 41.3 Å². The predicted octanol–water partition coefficient (Wildman–Crippen LogP) is 2.97. The van der Waals surface area contributed by atoms with Crippen molar-refractivity contribution in [2.45, 2.75) is 32.9 Å². The molecular formula is C15H18N4O2. The van der Waals surface area contributed by atoms with Crippen molar-refractivity contribution in [3.8, 4) is 0 Å². The molecule has 0 radical (unpaired) electrons. The minimum absolute atomic E-state index is 0.378. The van der Waals surface area contributed by atoms with Crippen LogP contribution in [0.5, 0.6) is 0 Å². The van der Waals surface area contributed by atoms with E-state index in [0.717, 1.165) is 34.6 Å². The van der Waals surface area contributed by atoms with Crippen LogP contribution in [-0.4, -0.2) is 27.4 Å². The molecule has 0 unspecified atom stereocenters. The molecule has 0 bridgehead atoms. The van der Waals surface area contributed by atoms with Gasteiger partial charge in [0.15, 0.2) is 5.76 Å². The molecule has 3 aromatic rings. The summed E-state index contributed by atoms with van der Waals surface area (Å²) in [6.45, 7) is 5.64. The molecule has 0 aliphatic rings. The lowest BCUT2D eigenvalue weighted by molar-refractivity contribution is 0.265. The van der Waals surface area contributed by atoms with E-state index in [0.29, 0.717) is 12.5 Å². The molecule has 0 fully saturated rings. The highest BCUT2D eigenvalue weighted by molar-refractivity contribution is 5.76. The summed E-state index contributed by atoms with van der Waals surface area (Å²) in [7, 11) is 2.03. The van der Waals surface area contributed by atoms with E-state index in [9.17, 15) is 0 Å². The molecule has 0 atom stereocenters. The summed E-state index contributed by atoms with van der Waals surface area (Å²) in [5.74, 6) is 1.24. The Morgan fingerprint density at radius 1 is 1.14 bits per heavy atom. The van der Waals surface area contributed by atoms with Gasteiger partial charge in [-0.3, -0.25) is 4.90 Å². The third-order valence-corrected chi connectivity index (χ3v) is 3.40. The molecule has 3 rings (SSSR count). The Morgan fingerprint density at radius 2 is 2.00 bits per heavy atom. The Kier molecular flexibility index (Phi) is 3.70. The van der Waals surface area contributed by atoms with Gasteiger partial charge in [-0.15, -0.1) is 0 Å². The molecule has 1 aromatic carbocycles. The molecule has 6 nitrogen and oxygen atoms in total. The number of aromatic nitrogens is 3. The summed E-state index contributed by atoms with van der Waals surface area (Å²) in [4.78, 5) is 2.15. The van der Waals surface area contributed by atoms with Gasteiger partial charge >= 0.3 is 0 Å². The largest absolute Gasteiger partial charge is 0.360 e. The van der Waals surface area contributed by atoms with Gasteiger partial charge in [-0.05, 0) is 34.9 Å². The minimum Gasteiger partial charge on any atom is -0.360 e. The van der Waals surface area contributed by atoms with Gasteiger partial charge in [0.25, 0.3) is 0 Å². The van der Waals surface area contributed by atoms with Crippen LogP contribution < -0.4 is 0 Å². The first kappa shape index (κ1) is 13.8. The second-order valence-corrected chi connectivity index (χ2v) is 5.59. The van der Waals surface area contributed by atoms with Gasteiger partial charge in [0.1, 0.15) is 11.0 Å². The Labute approximate surface area is 122 Å². The van der Waals surface area contributed by atoms with Gasteiger partial charge in [0.05, 0.1) is 12.2 Å². The molecular weight excluding hydrogens is 268 g/mol. The molecule has 21 heavy (non-hydrogen) atoms. The second kappa shape index (κ2) is 5.65. The van der Waals surface area contributed by atoms with E-state index < -0.39 is 0 Å². The van der Waals surface area contributed by atoms with Crippen molar-refractivity contribution < 1.29 is 9.15 Å². The van der Waals surface area contributed by atoms with Crippen molar-refractivity contribution in [1.82, 2.24) is 20.4 Å². The van der Waals surface area contributed by atoms with E-state index >= 15 is 0 Å². The minimum atomic E-state index is 0.378. The van der Waals surface area contributed by atoms with Crippen LogP contribution in [0.4, 0.5) is 0 Å². The summed E-state index contributed by atoms with van der Waals surface area (Å²) in [5, 5.41) is 11.9. The molecule has 0 saturated heterocycles. The maximum absolute atomic E-state index is 5.37. The van der Waals surface area contributed by atoms with Gasteiger partial charge in [-0.2, -0.15) is 0 Å². The van der Waals surface area contributed by atoms with E-state index in [2.05, 4.69) is 34.2 Å². The Morgan fingerprint density at radius 3 is 2.76 bits per heavy atom. The van der Waals surface area contributed by atoms with Crippen LogP contribution in [0.15, 0.2) is 33.4 Å². The van der Waals surface area contributed by atoms with E-state index in [4.69, 9.17) is 9.15 Å². The van der Waals surface area contributed by atoms with Crippen molar-refractivity contribution in [2.24, 2.45) is 0 Å². The van der Waals surface area contributed by atoms with Gasteiger partial charge in [0, 0.05) is 12.6 Å². The van der Waals surface area contributed by atoms with Crippen LogP contribution in [0.1, 0.15) is 36.8 Å². The van der Waals surface area contributed by atoms with E-state index in [1.165, 1.54) is 0 Å². The first-order valence-corrected chi connectivity index (χ1v) is 6.97. The van der Waals surface area contributed by atoms with Crippen LogP contribution in [-0.2, 0) is 13.1 Å². The highest BCUT2D eigenvalue weighted by Gasteiger charge is 2.12. The number of nitrogens with zero attached hydrogens (tertiary/aromatic N) is 4. The first-order chi connectivity index (χ1) is 10.1. The molecule has 110 valence electrons. The number of rotatable bonds is 5. The predicted molar refractivity (Wildman–Crippen MR) is 77.6 cm³/mol. The van der Waals surface area contributed by atoms with Crippen LogP contribution >= 0.6 is 0 Å². The molecule has 0 aliphatic carbocycles. The lowest BCUT2D eigenvalue weighted by atomic mass is 10.1. The third kappa shape index (κ3) is 2.95. The molecule has 2 aromatic heterocycles. The average Bonchev–Trinajstić information content (AvgIpc) is 3.07. The van der Waals surface area contributed by atoms with Gasteiger partial charge in [-0.25, -0.2) is 4.63 Å². The topological polar surface area (TPSA) is 68.2 Å². The monoisotopic (exact) mass is 286 g/mol. The zero-order chi connectivity index (χ0) is 14.8. The quantitative estimate of drug-likeness (QED) is 0.718. The maximum Gasteiger partial charge on any atom is 0.150 e. The van der Waals surface area contributed by atoms with E-state index in [-0.39, 0.29) is 0 Å². The molecule has 6 heteroatoms. The fourth-order valence-electron chi connectivity index (χ4n) is 2.28. The molecule has 0 N–H and O–H groups in total. The average molecular weight is 286 g/mol. The maximum atomic E-state index is 5.37. The second-order valence-electron chi connectivity index (χ2n) is 5.59. The fourth-order valence-corrected chi connectivity index (χ4v) is 2.28. The lowest BCUT2D eigenvalue weighted by Crippen LogP contribution is -2.17. The van der Waals surface area contributed by atoms with Gasteiger partial charge in [-0.1, -0.05) is 31.1 Å². The van der Waals surface area contributed by atoms with Crippen molar-refractivity contribution in [2.75, 3.05) is 7.05 Å². The van der Waals surface area contributed by atoms with Crippen LogP contribution in [0.2, 0.25) is 0 Å². The van der Waals surface area contributed by atoms with Gasteiger partial charge in [0.2, 0.25) is 0 Å². The number of hydrogen-bond donors (Lipinski definition) is 0. The highest BCUT2D eigenvalue weighted by Crippen LogP contribution is 2.18. The number of hydrogen-bond acceptors (Lipinski definition) is 6. The van der Waals surface area contributed by atoms with Crippen LogP contribution in [0.3, 0.4) is 0 Å². The smallest absolute Gasteiger partial charge is 0.150 e. The Balaban J connectivity index is 1.71. The Bertz CT molecular complexity index is 732. The first-order valence-electron chi connectivity index (χ1n) is 6.97. The van der Waals surface area contributed by atoms with Crippen LogP contribution in [0, 0.1) is 0 Å². The van der Waals surface area contributed by atoms with E-state index in [1.807, 2.05) is 31.3 Å². The molecule has 0 saturated carbocycles.